The molecule has 4 heteroatoms. The molecule has 0 atom stereocenters. The predicted molar refractivity (Wildman–Crippen MR) is 87.1 cm³/mol. The third-order valence-electron chi connectivity index (χ3n) is 3.33. The number of para-hydroxylation sites is 1. The predicted octanol–water partition coefficient (Wildman–Crippen LogP) is 2.98. The van der Waals surface area contributed by atoms with Gasteiger partial charge in [-0.05, 0) is 12.0 Å². The van der Waals surface area contributed by atoms with E-state index in [0.29, 0.717) is 12.5 Å². The molecule has 1 rings (SSSR count). The van der Waals surface area contributed by atoms with E-state index >= 15 is 0 Å². The van der Waals surface area contributed by atoms with E-state index < -0.39 is 0 Å². The molecule has 0 saturated heterocycles. The molecule has 0 aliphatic heterocycles. The lowest BCUT2D eigenvalue weighted by Crippen LogP contribution is -2.23. The van der Waals surface area contributed by atoms with Gasteiger partial charge >= 0.3 is 0 Å². The quantitative estimate of drug-likeness (QED) is 0.711. The molecule has 0 heterocycles. The monoisotopic (exact) mass is 293 g/mol. The van der Waals surface area contributed by atoms with E-state index in [2.05, 4.69) is 25.2 Å². The minimum atomic E-state index is 0.455. The third kappa shape index (κ3) is 5.40. The van der Waals surface area contributed by atoms with Crippen molar-refractivity contribution >= 4 is 6.08 Å². The molecule has 0 fully saturated rings. The summed E-state index contributed by atoms with van der Waals surface area (Å²) in [4.78, 5) is 0. The van der Waals surface area contributed by atoms with E-state index in [1.165, 1.54) is 5.57 Å². The summed E-state index contributed by atoms with van der Waals surface area (Å²) in [7, 11) is 5.03. The molecular weight excluding hydrogens is 266 g/mol. The van der Waals surface area contributed by atoms with E-state index in [9.17, 15) is 0 Å². The van der Waals surface area contributed by atoms with Gasteiger partial charge < -0.3 is 19.5 Å². The van der Waals surface area contributed by atoms with Crippen molar-refractivity contribution in [3.8, 4) is 11.5 Å². The fraction of sp³-hybridized carbons (Fsp3) is 0.529. The van der Waals surface area contributed by atoms with Crippen molar-refractivity contribution in [2.24, 2.45) is 5.92 Å². The SMILES string of the molecule is COCCNCC(=Cc1cccc(OC)c1OC)C(C)C. The van der Waals surface area contributed by atoms with Crippen LogP contribution in [0, 0.1) is 5.92 Å². The molecular formula is C17H27NO3. The second-order valence-corrected chi connectivity index (χ2v) is 5.13. The Kier molecular flexibility index (Phi) is 7.87. The Bertz CT molecular complexity index is 455. The topological polar surface area (TPSA) is 39.7 Å². The lowest BCUT2D eigenvalue weighted by atomic mass is 9.99. The van der Waals surface area contributed by atoms with Crippen LogP contribution in [-0.4, -0.2) is 41.0 Å². The van der Waals surface area contributed by atoms with Crippen molar-refractivity contribution in [2.45, 2.75) is 13.8 Å². The van der Waals surface area contributed by atoms with Crippen LogP contribution in [0.2, 0.25) is 0 Å². The minimum absolute atomic E-state index is 0.455. The molecule has 1 aromatic rings. The number of benzene rings is 1. The Balaban J connectivity index is 2.94. The lowest BCUT2D eigenvalue weighted by molar-refractivity contribution is 0.200. The fourth-order valence-corrected chi connectivity index (χ4v) is 2.05. The summed E-state index contributed by atoms with van der Waals surface area (Å²) in [5.41, 5.74) is 2.35. The van der Waals surface area contributed by atoms with Gasteiger partial charge in [0.15, 0.2) is 11.5 Å². The van der Waals surface area contributed by atoms with Crippen molar-refractivity contribution < 1.29 is 14.2 Å². The number of hydrogen-bond acceptors (Lipinski definition) is 4. The number of ether oxygens (including phenoxy) is 3. The van der Waals surface area contributed by atoms with Crippen LogP contribution in [0.15, 0.2) is 23.8 Å². The van der Waals surface area contributed by atoms with Crippen molar-refractivity contribution in [3.05, 3.63) is 29.3 Å². The highest BCUT2D eigenvalue weighted by Gasteiger charge is 2.10. The van der Waals surface area contributed by atoms with E-state index in [0.717, 1.165) is 30.2 Å². The maximum atomic E-state index is 5.48. The maximum Gasteiger partial charge on any atom is 0.167 e. The van der Waals surface area contributed by atoms with Crippen molar-refractivity contribution in [1.82, 2.24) is 5.32 Å². The summed E-state index contributed by atoms with van der Waals surface area (Å²) in [5.74, 6) is 1.98. The average Bonchev–Trinajstić information content (AvgIpc) is 2.49. The van der Waals surface area contributed by atoms with Crippen LogP contribution < -0.4 is 14.8 Å². The molecule has 1 N–H and O–H groups in total. The standard InChI is InChI=1S/C17H27NO3/c1-13(2)15(12-18-9-10-19-3)11-14-7-6-8-16(20-4)17(14)21-5/h6-8,11,13,18H,9-10,12H2,1-5H3. The Morgan fingerprint density at radius 3 is 2.52 bits per heavy atom. The highest BCUT2D eigenvalue weighted by atomic mass is 16.5. The van der Waals surface area contributed by atoms with Crippen molar-refractivity contribution in [2.75, 3.05) is 41.0 Å². The minimum Gasteiger partial charge on any atom is -0.493 e. The normalized spacial score (nSPS) is 11.8. The number of rotatable bonds is 9. The van der Waals surface area contributed by atoms with Crippen molar-refractivity contribution in [1.29, 1.82) is 0 Å². The first-order valence-electron chi connectivity index (χ1n) is 7.25. The van der Waals surface area contributed by atoms with E-state index in [1.807, 2.05) is 18.2 Å². The molecule has 0 spiro atoms. The molecule has 0 unspecified atom stereocenters. The number of methoxy groups -OCH3 is 3. The zero-order valence-electron chi connectivity index (χ0n) is 13.7. The molecule has 4 nitrogen and oxygen atoms in total. The van der Waals surface area contributed by atoms with Gasteiger partial charge in [-0.15, -0.1) is 0 Å². The van der Waals surface area contributed by atoms with Gasteiger partial charge in [-0.1, -0.05) is 37.6 Å². The van der Waals surface area contributed by atoms with E-state index in [4.69, 9.17) is 14.2 Å². The van der Waals surface area contributed by atoms with Gasteiger partial charge in [0.05, 0.1) is 20.8 Å². The molecule has 0 saturated carbocycles. The highest BCUT2D eigenvalue weighted by molar-refractivity contribution is 5.64. The highest BCUT2D eigenvalue weighted by Crippen LogP contribution is 2.32. The Morgan fingerprint density at radius 1 is 1.19 bits per heavy atom. The van der Waals surface area contributed by atoms with Gasteiger partial charge in [0.25, 0.3) is 0 Å². The first-order valence-corrected chi connectivity index (χ1v) is 7.25. The molecule has 0 aliphatic carbocycles. The fourth-order valence-electron chi connectivity index (χ4n) is 2.05. The lowest BCUT2D eigenvalue weighted by Gasteiger charge is -2.15. The molecule has 1 aromatic carbocycles. The van der Waals surface area contributed by atoms with Crippen molar-refractivity contribution in [3.63, 3.8) is 0 Å². The summed E-state index contributed by atoms with van der Waals surface area (Å²) in [6.45, 7) is 6.78. The zero-order valence-corrected chi connectivity index (χ0v) is 13.7. The molecule has 0 aliphatic rings. The second kappa shape index (κ2) is 9.42. The van der Waals surface area contributed by atoms with Crippen LogP contribution in [0.3, 0.4) is 0 Å². The maximum absolute atomic E-state index is 5.48. The Morgan fingerprint density at radius 2 is 1.95 bits per heavy atom. The summed E-state index contributed by atoms with van der Waals surface area (Å²) >= 11 is 0. The zero-order chi connectivity index (χ0) is 15.7. The largest absolute Gasteiger partial charge is 0.493 e. The van der Waals surface area contributed by atoms with Gasteiger partial charge in [0.2, 0.25) is 0 Å². The second-order valence-electron chi connectivity index (χ2n) is 5.13. The molecule has 0 amide bonds. The van der Waals surface area contributed by atoms with E-state index in [1.54, 1.807) is 21.3 Å². The Hall–Kier alpha value is -1.52. The molecule has 118 valence electrons. The summed E-state index contributed by atoms with van der Waals surface area (Å²) in [6.07, 6.45) is 2.17. The first-order chi connectivity index (χ1) is 10.1. The van der Waals surface area contributed by atoms with Gasteiger partial charge in [0.1, 0.15) is 0 Å². The smallest absolute Gasteiger partial charge is 0.167 e. The van der Waals surface area contributed by atoms with E-state index in [-0.39, 0.29) is 0 Å². The molecule has 0 radical (unpaired) electrons. The molecule has 21 heavy (non-hydrogen) atoms. The molecule has 0 bridgehead atoms. The summed E-state index contributed by atoms with van der Waals surface area (Å²) < 4.78 is 15.9. The van der Waals surface area contributed by atoms with Crippen LogP contribution in [0.25, 0.3) is 6.08 Å². The summed E-state index contributed by atoms with van der Waals surface area (Å²) in [5, 5.41) is 3.39. The average molecular weight is 293 g/mol. The van der Waals surface area contributed by atoms with Crippen LogP contribution in [0.1, 0.15) is 19.4 Å². The molecule has 0 aromatic heterocycles. The van der Waals surface area contributed by atoms with Crippen LogP contribution in [-0.2, 0) is 4.74 Å². The van der Waals surface area contributed by atoms with Gasteiger partial charge in [-0.25, -0.2) is 0 Å². The first kappa shape index (κ1) is 17.5. The third-order valence-corrected chi connectivity index (χ3v) is 3.33. The number of hydrogen-bond donors (Lipinski definition) is 1. The van der Waals surface area contributed by atoms with Crippen LogP contribution >= 0.6 is 0 Å². The van der Waals surface area contributed by atoms with Gasteiger partial charge in [-0.3, -0.25) is 0 Å². The van der Waals surface area contributed by atoms with Gasteiger partial charge in [0, 0.05) is 25.8 Å². The van der Waals surface area contributed by atoms with Crippen LogP contribution in [0.5, 0.6) is 11.5 Å². The Labute approximate surface area is 128 Å². The summed E-state index contributed by atoms with van der Waals surface area (Å²) in [6, 6.07) is 5.92. The van der Waals surface area contributed by atoms with Gasteiger partial charge in [-0.2, -0.15) is 0 Å². The van der Waals surface area contributed by atoms with Crippen LogP contribution in [0.4, 0.5) is 0 Å². The number of nitrogens with one attached hydrogen (secondary N) is 1.